The largest absolute Gasteiger partial charge is 0.493 e. The predicted octanol–water partition coefficient (Wildman–Crippen LogP) is 3.21. The molecule has 0 radical (unpaired) electrons. The van der Waals surface area contributed by atoms with E-state index < -0.39 is 5.91 Å². The minimum absolute atomic E-state index is 0.0955. The number of carbonyl (C=O) groups excluding carboxylic acids is 2. The average Bonchev–Trinajstić information content (AvgIpc) is 3.15. The number of anilines is 1. The first-order valence-electron chi connectivity index (χ1n) is 8.52. The van der Waals surface area contributed by atoms with E-state index in [2.05, 4.69) is 15.7 Å². The lowest BCUT2D eigenvalue weighted by Gasteiger charge is -2.10. The van der Waals surface area contributed by atoms with Crippen LogP contribution in [0.3, 0.4) is 0 Å². The van der Waals surface area contributed by atoms with E-state index >= 15 is 0 Å². The van der Waals surface area contributed by atoms with Crippen LogP contribution < -0.4 is 15.4 Å². The van der Waals surface area contributed by atoms with Gasteiger partial charge in [-0.2, -0.15) is 5.10 Å². The number of nitrogens with one attached hydrogen (secondary N) is 2. The molecule has 0 aliphatic carbocycles. The number of aromatic nitrogens is 2. The second-order valence-electron chi connectivity index (χ2n) is 5.97. The van der Waals surface area contributed by atoms with Crippen LogP contribution >= 0.6 is 11.6 Å². The van der Waals surface area contributed by atoms with E-state index in [0.29, 0.717) is 16.5 Å². The Labute approximate surface area is 167 Å². The van der Waals surface area contributed by atoms with Gasteiger partial charge in [-0.25, -0.2) is 4.68 Å². The maximum Gasteiger partial charge on any atom is 0.276 e. The minimum atomic E-state index is -0.510. The molecule has 28 heavy (non-hydrogen) atoms. The van der Waals surface area contributed by atoms with Gasteiger partial charge in [0.05, 0.1) is 25.5 Å². The van der Waals surface area contributed by atoms with Crippen molar-refractivity contribution >= 4 is 29.1 Å². The molecule has 0 aliphatic heterocycles. The molecule has 2 aromatic carbocycles. The number of rotatable bonds is 6. The third kappa shape index (κ3) is 4.32. The van der Waals surface area contributed by atoms with Crippen LogP contribution in [0.2, 0.25) is 5.02 Å². The Bertz CT molecular complexity index is 1000. The summed E-state index contributed by atoms with van der Waals surface area (Å²) in [5, 5.41) is 10.1. The molecule has 1 heterocycles. The van der Waals surface area contributed by atoms with Crippen LogP contribution in [0.5, 0.6) is 5.75 Å². The summed E-state index contributed by atoms with van der Waals surface area (Å²) in [6.45, 7) is 1.59. The second-order valence-corrected chi connectivity index (χ2v) is 6.38. The molecule has 0 bridgehead atoms. The highest BCUT2D eigenvalue weighted by atomic mass is 35.5. The fraction of sp³-hybridized carbons (Fsp3) is 0.150. The van der Waals surface area contributed by atoms with Gasteiger partial charge in [-0.1, -0.05) is 35.9 Å². The van der Waals surface area contributed by atoms with Gasteiger partial charge >= 0.3 is 0 Å². The monoisotopic (exact) mass is 398 g/mol. The number of hydrogen-bond donors (Lipinski definition) is 2. The quantitative estimate of drug-likeness (QED) is 0.667. The maximum absolute atomic E-state index is 12.5. The summed E-state index contributed by atoms with van der Waals surface area (Å²) in [5.74, 6) is -0.572. The normalized spacial score (nSPS) is 10.4. The molecule has 8 heteroatoms. The minimum Gasteiger partial charge on any atom is -0.493 e. The fourth-order valence-corrected chi connectivity index (χ4v) is 2.73. The Morgan fingerprint density at radius 1 is 1.14 bits per heavy atom. The molecule has 2 N–H and O–H groups in total. The molecule has 0 spiro atoms. The molecule has 0 saturated heterocycles. The van der Waals surface area contributed by atoms with Gasteiger partial charge in [0.15, 0.2) is 11.4 Å². The maximum atomic E-state index is 12.5. The number of amides is 2. The van der Waals surface area contributed by atoms with E-state index in [1.807, 2.05) is 30.3 Å². The summed E-state index contributed by atoms with van der Waals surface area (Å²) in [5.41, 5.74) is 2.23. The fourth-order valence-electron chi connectivity index (χ4n) is 2.56. The summed E-state index contributed by atoms with van der Waals surface area (Å²) < 4.78 is 6.79. The highest BCUT2D eigenvalue weighted by Crippen LogP contribution is 2.23. The molecule has 0 aliphatic rings. The van der Waals surface area contributed by atoms with Gasteiger partial charge in [-0.15, -0.1) is 0 Å². The van der Waals surface area contributed by atoms with Gasteiger partial charge in [0.2, 0.25) is 5.91 Å². The van der Waals surface area contributed by atoms with Gasteiger partial charge < -0.3 is 15.4 Å². The Balaban J connectivity index is 1.67. The lowest BCUT2D eigenvalue weighted by atomic mass is 10.2. The third-order valence-corrected chi connectivity index (χ3v) is 4.50. The van der Waals surface area contributed by atoms with Crippen LogP contribution in [0.25, 0.3) is 5.69 Å². The topological polar surface area (TPSA) is 85.2 Å². The van der Waals surface area contributed by atoms with Crippen molar-refractivity contribution in [2.45, 2.75) is 6.92 Å². The van der Waals surface area contributed by atoms with Gasteiger partial charge in [-0.3, -0.25) is 9.59 Å². The van der Waals surface area contributed by atoms with Crippen molar-refractivity contribution < 1.29 is 14.3 Å². The number of methoxy groups -OCH3 is 1. The molecular weight excluding hydrogens is 380 g/mol. The summed E-state index contributed by atoms with van der Waals surface area (Å²) in [4.78, 5) is 24.6. The number of halogens is 1. The van der Waals surface area contributed by atoms with Crippen molar-refractivity contribution in [1.82, 2.24) is 15.1 Å². The van der Waals surface area contributed by atoms with E-state index in [1.165, 1.54) is 7.11 Å². The molecule has 3 rings (SSSR count). The van der Waals surface area contributed by atoms with Crippen LogP contribution in [0.4, 0.5) is 5.69 Å². The van der Waals surface area contributed by atoms with Crippen LogP contribution in [-0.2, 0) is 4.79 Å². The molecule has 1 aromatic heterocycles. The van der Waals surface area contributed by atoms with Gasteiger partial charge in [0, 0.05) is 10.7 Å². The highest BCUT2D eigenvalue weighted by molar-refractivity contribution is 6.31. The molecular formula is C20H19ClN4O3. The molecule has 2 amide bonds. The van der Waals surface area contributed by atoms with Gasteiger partial charge in [0.1, 0.15) is 0 Å². The Morgan fingerprint density at radius 2 is 1.89 bits per heavy atom. The van der Waals surface area contributed by atoms with Gasteiger partial charge in [-0.05, 0) is 36.8 Å². The van der Waals surface area contributed by atoms with E-state index in [9.17, 15) is 9.59 Å². The second kappa shape index (κ2) is 8.58. The van der Waals surface area contributed by atoms with Crippen LogP contribution in [0, 0.1) is 6.92 Å². The van der Waals surface area contributed by atoms with Crippen molar-refractivity contribution in [3.63, 3.8) is 0 Å². The summed E-state index contributed by atoms with van der Waals surface area (Å²) in [6.07, 6.45) is 1.61. The van der Waals surface area contributed by atoms with Gasteiger partial charge in [0.25, 0.3) is 5.91 Å². The van der Waals surface area contributed by atoms with Crippen LogP contribution in [0.15, 0.2) is 54.7 Å². The lowest BCUT2D eigenvalue weighted by Crippen LogP contribution is -2.33. The number of nitrogens with zero attached hydrogens (tertiary/aromatic N) is 2. The number of para-hydroxylation sites is 1. The van der Waals surface area contributed by atoms with Crippen LogP contribution in [-0.4, -0.2) is 35.2 Å². The van der Waals surface area contributed by atoms with E-state index in [-0.39, 0.29) is 18.1 Å². The molecule has 7 nitrogen and oxygen atoms in total. The molecule has 0 saturated carbocycles. The zero-order chi connectivity index (χ0) is 20.1. The van der Waals surface area contributed by atoms with Crippen molar-refractivity contribution in [2.75, 3.05) is 19.0 Å². The first kappa shape index (κ1) is 19.4. The first-order chi connectivity index (χ1) is 13.5. The molecule has 3 aromatic rings. The predicted molar refractivity (Wildman–Crippen MR) is 107 cm³/mol. The summed E-state index contributed by atoms with van der Waals surface area (Å²) >= 11 is 6.05. The zero-order valence-corrected chi connectivity index (χ0v) is 16.2. The summed E-state index contributed by atoms with van der Waals surface area (Å²) in [6, 6.07) is 14.6. The number of carbonyl (C=O) groups is 2. The first-order valence-corrected chi connectivity index (χ1v) is 8.89. The van der Waals surface area contributed by atoms with E-state index in [0.717, 1.165) is 11.3 Å². The number of benzene rings is 2. The van der Waals surface area contributed by atoms with E-state index in [4.69, 9.17) is 16.3 Å². The van der Waals surface area contributed by atoms with Crippen molar-refractivity contribution in [1.29, 1.82) is 0 Å². The number of hydrogen-bond acceptors (Lipinski definition) is 4. The lowest BCUT2D eigenvalue weighted by molar-refractivity contribution is -0.115. The standard InChI is InChI=1S/C20H19ClN4O3/c1-13-15(21)9-6-10-16(13)23-18(26)11-22-20(27)19-17(28-2)12-25(24-19)14-7-4-3-5-8-14/h3-10,12H,11H2,1-2H3,(H,22,27)(H,23,26). The smallest absolute Gasteiger partial charge is 0.276 e. The Hall–Kier alpha value is -3.32. The SMILES string of the molecule is COc1cn(-c2ccccc2)nc1C(=O)NCC(=O)Nc1cccc(Cl)c1C. The molecule has 144 valence electrons. The Kier molecular flexibility index (Phi) is 5.96. The Morgan fingerprint density at radius 3 is 2.61 bits per heavy atom. The summed E-state index contributed by atoms with van der Waals surface area (Å²) in [7, 11) is 1.46. The van der Waals surface area contributed by atoms with Crippen molar-refractivity contribution in [3.05, 3.63) is 71.0 Å². The van der Waals surface area contributed by atoms with Crippen molar-refractivity contribution in [2.24, 2.45) is 0 Å². The van der Waals surface area contributed by atoms with Crippen molar-refractivity contribution in [3.8, 4) is 11.4 Å². The molecule has 0 atom stereocenters. The average molecular weight is 399 g/mol. The van der Waals surface area contributed by atoms with E-state index in [1.54, 1.807) is 36.0 Å². The highest BCUT2D eigenvalue weighted by Gasteiger charge is 2.19. The molecule has 0 unspecified atom stereocenters. The molecule has 0 fully saturated rings. The third-order valence-electron chi connectivity index (χ3n) is 4.09. The van der Waals surface area contributed by atoms with Crippen LogP contribution in [0.1, 0.15) is 16.1 Å². The number of ether oxygens (including phenoxy) is 1. The zero-order valence-electron chi connectivity index (χ0n) is 15.4.